The van der Waals surface area contributed by atoms with Crippen molar-refractivity contribution in [2.75, 3.05) is 0 Å². The Labute approximate surface area is 94.6 Å². The van der Waals surface area contributed by atoms with Crippen LogP contribution in [-0.4, -0.2) is 11.2 Å². The molecule has 1 aromatic carbocycles. The van der Waals surface area contributed by atoms with Crippen LogP contribution in [0, 0.1) is 17.5 Å². The quantitative estimate of drug-likeness (QED) is 0.493. The third-order valence-electron chi connectivity index (χ3n) is 3.04. The number of isocyanates is 1. The average Bonchev–Trinajstić information content (AvgIpc) is 2.23. The molecule has 90 valence electrons. The number of rotatable bonds is 2. The molecule has 1 aliphatic rings. The summed E-state index contributed by atoms with van der Waals surface area (Å²) in [4.78, 5) is 13.7. The molecule has 0 atom stereocenters. The highest BCUT2D eigenvalue weighted by molar-refractivity contribution is 5.43. The van der Waals surface area contributed by atoms with Gasteiger partial charge >= 0.3 is 0 Å². The van der Waals surface area contributed by atoms with Crippen LogP contribution in [0.1, 0.15) is 24.8 Å². The van der Waals surface area contributed by atoms with Gasteiger partial charge in [-0.3, -0.25) is 0 Å². The van der Waals surface area contributed by atoms with Crippen molar-refractivity contribution in [2.24, 2.45) is 4.99 Å². The van der Waals surface area contributed by atoms with Crippen molar-refractivity contribution in [3.05, 3.63) is 29.1 Å². The summed E-state index contributed by atoms with van der Waals surface area (Å²) in [6.07, 6.45) is 2.29. The van der Waals surface area contributed by atoms with Crippen LogP contribution >= 0.6 is 0 Å². The van der Waals surface area contributed by atoms with Gasteiger partial charge in [-0.15, -0.1) is 0 Å². The number of aliphatic imine (C=N–C) groups is 1. The number of carbonyl (C=O) groups excluding carboxylic acids is 1. The van der Waals surface area contributed by atoms with Crippen LogP contribution in [0.5, 0.6) is 5.75 Å². The van der Waals surface area contributed by atoms with Crippen molar-refractivity contribution >= 4 is 6.08 Å². The molecule has 1 aliphatic carbocycles. The highest BCUT2D eigenvalue weighted by Gasteiger charge is 2.44. The summed E-state index contributed by atoms with van der Waals surface area (Å²) < 4.78 is 40.3. The molecule has 17 heavy (non-hydrogen) atoms. The van der Waals surface area contributed by atoms with Crippen molar-refractivity contribution in [3.63, 3.8) is 0 Å². The Morgan fingerprint density at radius 1 is 1.29 bits per heavy atom. The summed E-state index contributed by atoms with van der Waals surface area (Å²) in [6.45, 7) is 0. The predicted octanol–water partition coefficient (Wildman–Crippen LogP) is 2.52. The number of nitrogens with zero attached hydrogens (tertiary/aromatic N) is 1. The first-order valence-corrected chi connectivity index (χ1v) is 4.98. The van der Waals surface area contributed by atoms with E-state index in [1.807, 2.05) is 0 Å². The third kappa shape index (κ3) is 1.61. The van der Waals surface area contributed by atoms with Gasteiger partial charge in [-0.25, -0.2) is 18.0 Å². The van der Waals surface area contributed by atoms with E-state index in [9.17, 15) is 18.0 Å². The zero-order chi connectivity index (χ0) is 12.6. The van der Waals surface area contributed by atoms with E-state index in [0.717, 1.165) is 0 Å². The molecule has 0 spiro atoms. The molecular weight excluding hydrogens is 235 g/mol. The maximum Gasteiger partial charge on any atom is 0.235 e. The Morgan fingerprint density at radius 2 is 1.94 bits per heavy atom. The van der Waals surface area contributed by atoms with E-state index in [0.29, 0.717) is 12.5 Å². The Balaban J connectivity index is 2.69. The van der Waals surface area contributed by atoms with Crippen LogP contribution < -0.4 is 0 Å². The van der Waals surface area contributed by atoms with Crippen LogP contribution in [0.2, 0.25) is 0 Å². The zero-order valence-corrected chi connectivity index (χ0v) is 8.64. The highest BCUT2D eigenvalue weighted by Crippen LogP contribution is 2.48. The van der Waals surface area contributed by atoms with Gasteiger partial charge in [0.15, 0.2) is 23.2 Å². The summed E-state index contributed by atoms with van der Waals surface area (Å²) in [5.41, 5.74) is -2.11. The van der Waals surface area contributed by atoms with E-state index >= 15 is 0 Å². The summed E-state index contributed by atoms with van der Waals surface area (Å²) in [6, 6.07) is 0.352. The highest BCUT2D eigenvalue weighted by atomic mass is 19.2. The molecule has 3 nitrogen and oxygen atoms in total. The van der Waals surface area contributed by atoms with Crippen LogP contribution in [0.25, 0.3) is 0 Å². The van der Waals surface area contributed by atoms with Crippen LogP contribution in [0.3, 0.4) is 0 Å². The molecule has 0 saturated heterocycles. The number of hydrogen-bond acceptors (Lipinski definition) is 3. The largest absolute Gasteiger partial charge is 0.505 e. The topological polar surface area (TPSA) is 49.7 Å². The van der Waals surface area contributed by atoms with Gasteiger partial charge in [-0.1, -0.05) is 0 Å². The Hall–Kier alpha value is -1.81. The van der Waals surface area contributed by atoms with Gasteiger partial charge in [0.05, 0.1) is 5.56 Å². The first-order chi connectivity index (χ1) is 8.02. The summed E-state index contributed by atoms with van der Waals surface area (Å²) >= 11 is 0. The van der Waals surface area contributed by atoms with Crippen LogP contribution in [0.4, 0.5) is 13.2 Å². The fourth-order valence-corrected chi connectivity index (χ4v) is 2.02. The average molecular weight is 243 g/mol. The zero-order valence-electron chi connectivity index (χ0n) is 8.64. The summed E-state index contributed by atoms with van der Waals surface area (Å²) in [5.74, 6) is -5.06. The summed E-state index contributed by atoms with van der Waals surface area (Å²) in [7, 11) is 0. The lowest BCUT2D eigenvalue weighted by atomic mass is 9.72. The van der Waals surface area contributed by atoms with Crippen molar-refractivity contribution in [3.8, 4) is 5.75 Å². The van der Waals surface area contributed by atoms with Gasteiger partial charge in [0.1, 0.15) is 5.54 Å². The fourth-order valence-electron chi connectivity index (χ4n) is 2.02. The first kappa shape index (κ1) is 11.7. The van der Waals surface area contributed by atoms with E-state index in [-0.39, 0.29) is 12.8 Å². The van der Waals surface area contributed by atoms with E-state index in [1.165, 1.54) is 6.08 Å². The van der Waals surface area contributed by atoms with Crippen molar-refractivity contribution in [1.82, 2.24) is 0 Å². The maximum absolute atomic E-state index is 13.6. The SMILES string of the molecule is O=C=NC1(c2c(F)c(O)cc(F)c2F)CCC1. The molecular formula is C11H8F3NO2. The molecule has 6 heteroatoms. The first-order valence-electron chi connectivity index (χ1n) is 4.98. The van der Waals surface area contributed by atoms with Crippen LogP contribution in [-0.2, 0) is 10.3 Å². The standard InChI is InChI=1S/C11H8F3NO2/c12-6-4-7(17)10(14)8(9(6)13)11(15-5-16)2-1-3-11/h4,17H,1-3H2. The van der Waals surface area contributed by atoms with Gasteiger partial charge in [-0.2, -0.15) is 4.99 Å². The number of phenolic OH excluding ortho intramolecular Hbond substituents is 1. The van der Waals surface area contributed by atoms with Gasteiger partial charge in [0.2, 0.25) is 6.08 Å². The molecule has 0 heterocycles. The number of benzene rings is 1. The molecule has 1 aromatic rings. The lowest BCUT2D eigenvalue weighted by molar-refractivity contribution is 0.232. The van der Waals surface area contributed by atoms with Gasteiger partial charge in [0, 0.05) is 6.07 Å². The number of hydrogen-bond donors (Lipinski definition) is 1. The molecule has 1 fully saturated rings. The molecule has 2 rings (SSSR count). The van der Waals surface area contributed by atoms with Crippen molar-refractivity contribution in [2.45, 2.75) is 24.8 Å². The molecule has 0 aliphatic heterocycles. The Kier molecular flexibility index (Phi) is 2.67. The second kappa shape index (κ2) is 3.89. The molecule has 0 aromatic heterocycles. The molecule has 1 N–H and O–H groups in total. The maximum atomic E-state index is 13.6. The third-order valence-corrected chi connectivity index (χ3v) is 3.04. The molecule has 1 saturated carbocycles. The normalized spacial score (nSPS) is 17.1. The Bertz CT molecular complexity index is 494. The van der Waals surface area contributed by atoms with Gasteiger partial charge in [-0.05, 0) is 19.3 Å². The fraction of sp³-hybridized carbons (Fsp3) is 0.364. The molecule has 0 radical (unpaired) electrons. The predicted molar refractivity (Wildman–Crippen MR) is 51.6 cm³/mol. The van der Waals surface area contributed by atoms with E-state index in [1.54, 1.807) is 0 Å². The van der Waals surface area contributed by atoms with E-state index in [4.69, 9.17) is 5.11 Å². The molecule has 0 bridgehead atoms. The number of halogens is 3. The Morgan fingerprint density at radius 3 is 2.41 bits per heavy atom. The smallest absolute Gasteiger partial charge is 0.235 e. The molecule has 0 amide bonds. The second-order valence-electron chi connectivity index (χ2n) is 3.97. The van der Waals surface area contributed by atoms with Crippen LogP contribution in [0.15, 0.2) is 11.1 Å². The van der Waals surface area contributed by atoms with Crippen molar-refractivity contribution < 1.29 is 23.1 Å². The summed E-state index contributed by atoms with van der Waals surface area (Å²) in [5, 5.41) is 9.13. The lowest BCUT2D eigenvalue weighted by Gasteiger charge is -2.37. The van der Waals surface area contributed by atoms with E-state index in [2.05, 4.69) is 4.99 Å². The van der Waals surface area contributed by atoms with Crippen molar-refractivity contribution in [1.29, 1.82) is 0 Å². The minimum Gasteiger partial charge on any atom is -0.505 e. The lowest BCUT2D eigenvalue weighted by Crippen LogP contribution is -2.34. The number of aromatic hydroxyl groups is 1. The molecule has 0 unspecified atom stereocenters. The van der Waals surface area contributed by atoms with E-state index < -0.39 is 34.3 Å². The number of phenols is 1. The minimum atomic E-state index is -1.42. The monoisotopic (exact) mass is 243 g/mol. The minimum absolute atomic E-state index is 0.221. The van der Waals surface area contributed by atoms with Gasteiger partial charge < -0.3 is 5.11 Å². The van der Waals surface area contributed by atoms with Gasteiger partial charge in [0.25, 0.3) is 0 Å². The second-order valence-corrected chi connectivity index (χ2v) is 3.97.